The molecule has 0 spiro atoms. The predicted octanol–water partition coefficient (Wildman–Crippen LogP) is 2.21. The van der Waals surface area contributed by atoms with Gasteiger partial charge in [-0.25, -0.2) is 4.68 Å². The number of para-hydroxylation sites is 1. The van der Waals surface area contributed by atoms with Crippen LogP contribution in [0.2, 0.25) is 0 Å². The van der Waals surface area contributed by atoms with Crippen molar-refractivity contribution in [1.29, 1.82) is 0 Å². The molecule has 0 fully saturated rings. The van der Waals surface area contributed by atoms with Gasteiger partial charge in [0.2, 0.25) is 0 Å². The first kappa shape index (κ1) is 14.4. The minimum atomic E-state index is -0.518. The molecule has 0 bridgehead atoms. The van der Waals surface area contributed by atoms with Crippen LogP contribution in [-0.2, 0) is 4.79 Å². The quantitative estimate of drug-likeness (QED) is 0.747. The van der Waals surface area contributed by atoms with Crippen molar-refractivity contribution in [1.82, 2.24) is 15.0 Å². The standard InChI is InChI=1S/C17H14N4O3/c1-10(21-14-5-3-2-4-12(14)19-20-21)17(23)11-6-7-15-13(8-11)18-16(22)9-24-15/h2-8,10H,9H2,1H3,(H,18,22). The first-order valence-corrected chi connectivity index (χ1v) is 7.54. The van der Waals surface area contributed by atoms with Crippen LogP contribution in [0.3, 0.4) is 0 Å². The lowest BCUT2D eigenvalue weighted by atomic mass is 10.0. The maximum atomic E-state index is 12.8. The molecule has 2 aromatic carbocycles. The highest BCUT2D eigenvalue weighted by molar-refractivity contribution is 6.02. The van der Waals surface area contributed by atoms with E-state index in [1.54, 1.807) is 29.8 Å². The Morgan fingerprint density at radius 1 is 1.29 bits per heavy atom. The number of benzene rings is 2. The van der Waals surface area contributed by atoms with Gasteiger partial charge in [0.15, 0.2) is 12.4 Å². The van der Waals surface area contributed by atoms with Crippen LogP contribution in [0.5, 0.6) is 5.75 Å². The zero-order chi connectivity index (χ0) is 16.7. The minimum Gasteiger partial charge on any atom is -0.482 e. The summed E-state index contributed by atoms with van der Waals surface area (Å²) in [6.45, 7) is 1.76. The van der Waals surface area contributed by atoms with Crippen LogP contribution in [0.25, 0.3) is 11.0 Å². The van der Waals surface area contributed by atoms with Crippen molar-refractivity contribution >= 4 is 28.4 Å². The number of fused-ring (bicyclic) bond motifs is 2. The fourth-order valence-corrected chi connectivity index (χ4v) is 2.76. The second kappa shape index (κ2) is 5.45. The Morgan fingerprint density at radius 2 is 2.12 bits per heavy atom. The second-order valence-corrected chi connectivity index (χ2v) is 5.61. The number of hydrogen-bond acceptors (Lipinski definition) is 5. The number of rotatable bonds is 3. The Kier molecular flexibility index (Phi) is 3.26. The highest BCUT2D eigenvalue weighted by Gasteiger charge is 2.23. The van der Waals surface area contributed by atoms with Crippen LogP contribution in [0, 0.1) is 0 Å². The number of aromatic nitrogens is 3. The zero-order valence-corrected chi connectivity index (χ0v) is 12.9. The van der Waals surface area contributed by atoms with Gasteiger partial charge in [-0.3, -0.25) is 9.59 Å². The molecule has 1 aliphatic heterocycles. The van der Waals surface area contributed by atoms with Gasteiger partial charge < -0.3 is 10.1 Å². The lowest BCUT2D eigenvalue weighted by molar-refractivity contribution is -0.118. The first-order valence-electron chi connectivity index (χ1n) is 7.54. The van der Waals surface area contributed by atoms with Crippen LogP contribution in [0.15, 0.2) is 42.5 Å². The number of ether oxygens (including phenoxy) is 1. The van der Waals surface area contributed by atoms with Crippen molar-refractivity contribution in [3.63, 3.8) is 0 Å². The summed E-state index contributed by atoms with van der Waals surface area (Å²) < 4.78 is 6.91. The van der Waals surface area contributed by atoms with E-state index < -0.39 is 6.04 Å². The molecule has 0 aliphatic carbocycles. The van der Waals surface area contributed by atoms with Crippen LogP contribution in [-0.4, -0.2) is 33.3 Å². The van der Waals surface area contributed by atoms with Gasteiger partial charge in [-0.05, 0) is 37.3 Å². The molecule has 1 amide bonds. The van der Waals surface area contributed by atoms with E-state index >= 15 is 0 Å². The van der Waals surface area contributed by atoms with E-state index in [-0.39, 0.29) is 18.3 Å². The van der Waals surface area contributed by atoms with E-state index in [1.165, 1.54) is 0 Å². The summed E-state index contributed by atoms with van der Waals surface area (Å²) in [5, 5.41) is 10.9. The molecule has 1 unspecified atom stereocenters. The third-order valence-electron chi connectivity index (χ3n) is 4.02. The molecule has 7 heteroatoms. The molecule has 1 atom stereocenters. The number of anilines is 1. The summed E-state index contributed by atoms with van der Waals surface area (Å²) in [6.07, 6.45) is 0. The van der Waals surface area contributed by atoms with Gasteiger partial charge >= 0.3 is 0 Å². The summed E-state index contributed by atoms with van der Waals surface area (Å²) in [6, 6.07) is 12.0. The third-order valence-corrected chi connectivity index (χ3v) is 4.02. The number of amides is 1. The zero-order valence-electron chi connectivity index (χ0n) is 12.9. The maximum absolute atomic E-state index is 12.8. The normalized spacial score (nSPS) is 14.6. The van der Waals surface area contributed by atoms with Crippen molar-refractivity contribution in [2.45, 2.75) is 13.0 Å². The SMILES string of the molecule is CC(C(=O)c1ccc2c(c1)NC(=O)CO2)n1nnc2ccccc21. The van der Waals surface area contributed by atoms with Gasteiger partial charge in [0.1, 0.15) is 17.3 Å². The fraction of sp³-hybridized carbons (Fsp3) is 0.176. The van der Waals surface area contributed by atoms with Gasteiger partial charge in [0.05, 0.1) is 11.2 Å². The van der Waals surface area contributed by atoms with Crippen LogP contribution in [0.1, 0.15) is 23.3 Å². The molecular formula is C17H14N4O3. The first-order chi connectivity index (χ1) is 11.6. The lowest BCUT2D eigenvalue weighted by Crippen LogP contribution is -2.26. The van der Waals surface area contributed by atoms with Gasteiger partial charge in [-0.2, -0.15) is 0 Å². The number of nitrogens with zero attached hydrogens (tertiary/aromatic N) is 3. The number of nitrogens with one attached hydrogen (secondary N) is 1. The van der Waals surface area contributed by atoms with Crippen molar-refractivity contribution in [2.24, 2.45) is 0 Å². The molecule has 0 saturated carbocycles. The van der Waals surface area contributed by atoms with Gasteiger partial charge in [0, 0.05) is 5.56 Å². The minimum absolute atomic E-state index is 0.0123. The van der Waals surface area contributed by atoms with Crippen molar-refractivity contribution in [2.75, 3.05) is 11.9 Å². The fourth-order valence-electron chi connectivity index (χ4n) is 2.76. The molecule has 0 radical (unpaired) electrons. The van der Waals surface area contributed by atoms with Gasteiger partial charge in [0.25, 0.3) is 5.91 Å². The van der Waals surface area contributed by atoms with Gasteiger partial charge in [-0.15, -0.1) is 5.10 Å². The molecule has 1 N–H and O–H groups in total. The number of ketones is 1. The summed E-state index contributed by atoms with van der Waals surface area (Å²) in [5.41, 5.74) is 2.52. The van der Waals surface area contributed by atoms with Crippen molar-refractivity contribution < 1.29 is 14.3 Å². The maximum Gasteiger partial charge on any atom is 0.262 e. The monoisotopic (exact) mass is 322 g/mol. The number of Topliss-reactive ketones (excluding diaryl/α,β-unsaturated/α-hetero) is 1. The molecule has 7 nitrogen and oxygen atoms in total. The Hall–Kier alpha value is -3.22. The van der Waals surface area contributed by atoms with Gasteiger partial charge in [-0.1, -0.05) is 17.3 Å². The van der Waals surface area contributed by atoms with Crippen LogP contribution >= 0.6 is 0 Å². The average molecular weight is 322 g/mol. The molecule has 1 aromatic heterocycles. The summed E-state index contributed by atoms with van der Waals surface area (Å²) in [4.78, 5) is 24.2. The summed E-state index contributed by atoms with van der Waals surface area (Å²) in [5.74, 6) is 0.209. The van der Waals surface area contributed by atoms with Crippen molar-refractivity contribution in [3.05, 3.63) is 48.0 Å². The Balaban J connectivity index is 1.68. The van der Waals surface area contributed by atoms with Crippen LogP contribution in [0.4, 0.5) is 5.69 Å². The summed E-state index contributed by atoms with van der Waals surface area (Å²) >= 11 is 0. The van der Waals surface area contributed by atoms with Crippen LogP contribution < -0.4 is 10.1 Å². The van der Waals surface area contributed by atoms with E-state index in [0.29, 0.717) is 17.0 Å². The highest BCUT2D eigenvalue weighted by atomic mass is 16.5. The van der Waals surface area contributed by atoms with Crippen molar-refractivity contribution in [3.8, 4) is 5.75 Å². The molecule has 4 rings (SSSR count). The number of carbonyl (C=O) groups is 2. The molecular weight excluding hydrogens is 308 g/mol. The summed E-state index contributed by atoms with van der Waals surface area (Å²) in [7, 11) is 0. The van der Waals surface area contributed by atoms with E-state index in [2.05, 4.69) is 15.6 Å². The largest absolute Gasteiger partial charge is 0.482 e. The Bertz CT molecular complexity index is 963. The lowest BCUT2D eigenvalue weighted by Gasteiger charge is -2.19. The molecule has 1 aliphatic rings. The highest BCUT2D eigenvalue weighted by Crippen LogP contribution is 2.30. The molecule has 3 aromatic rings. The van der Waals surface area contributed by atoms with E-state index in [9.17, 15) is 9.59 Å². The predicted molar refractivity (Wildman–Crippen MR) is 87.1 cm³/mol. The smallest absolute Gasteiger partial charge is 0.262 e. The van der Waals surface area contributed by atoms with E-state index in [0.717, 1.165) is 11.0 Å². The van der Waals surface area contributed by atoms with E-state index in [4.69, 9.17) is 4.74 Å². The second-order valence-electron chi connectivity index (χ2n) is 5.61. The number of hydrogen-bond donors (Lipinski definition) is 1. The molecule has 0 saturated heterocycles. The average Bonchev–Trinajstić information content (AvgIpc) is 3.04. The third kappa shape index (κ3) is 2.30. The van der Waals surface area contributed by atoms with E-state index in [1.807, 2.05) is 24.3 Å². The Labute approximate surface area is 137 Å². The molecule has 24 heavy (non-hydrogen) atoms. The Morgan fingerprint density at radius 3 is 3.00 bits per heavy atom. The number of carbonyl (C=O) groups excluding carboxylic acids is 2. The molecule has 120 valence electrons. The molecule has 2 heterocycles. The topological polar surface area (TPSA) is 86.1 Å².